The molecule has 150 valence electrons. The maximum absolute atomic E-state index is 12.4. The topological polar surface area (TPSA) is 87.7 Å². The second-order valence-corrected chi connectivity index (χ2v) is 7.57. The van der Waals surface area contributed by atoms with Crippen LogP contribution in [0.1, 0.15) is 43.0 Å². The number of benzene rings is 2. The molecule has 0 unspecified atom stereocenters. The van der Waals surface area contributed by atoms with E-state index in [2.05, 4.69) is 27.4 Å². The number of aromatic nitrogens is 3. The second kappa shape index (κ2) is 10.6. The average molecular weight is 409 g/mol. The fourth-order valence-corrected chi connectivity index (χ4v) is 3.44. The van der Waals surface area contributed by atoms with Crippen LogP contribution in [0.25, 0.3) is 11.4 Å². The second-order valence-electron chi connectivity index (χ2n) is 6.63. The molecule has 0 saturated carbocycles. The van der Waals surface area contributed by atoms with Gasteiger partial charge in [-0.2, -0.15) is 0 Å². The van der Waals surface area contributed by atoms with Gasteiger partial charge in [0.15, 0.2) is 11.6 Å². The van der Waals surface area contributed by atoms with Crippen LogP contribution < -0.4 is 5.32 Å². The summed E-state index contributed by atoms with van der Waals surface area (Å²) in [5.74, 6) is 0.919. The van der Waals surface area contributed by atoms with E-state index in [4.69, 9.17) is 0 Å². The zero-order valence-corrected chi connectivity index (χ0v) is 17.2. The summed E-state index contributed by atoms with van der Waals surface area (Å²) >= 11 is 1.29. The van der Waals surface area contributed by atoms with Crippen molar-refractivity contribution in [2.75, 3.05) is 11.1 Å². The van der Waals surface area contributed by atoms with Crippen molar-refractivity contribution in [3.63, 3.8) is 0 Å². The molecule has 0 radical (unpaired) electrons. The Labute approximate surface area is 174 Å². The normalized spacial score (nSPS) is 10.7. The summed E-state index contributed by atoms with van der Waals surface area (Å²) in [5.41, 5.74) is 2.25. The molecule has 2 N–H and O–H groups in total. The van der Waals surface area contributed by atoms with Crippen molar-refractivity contribution in [1.82, 2.24) is 15.2 Å². The highest BCUT2D eigenvalue weighted by molar-refractivity contribution is 7.99. The summed E-state index contributed by atoms with van der Waals surface area (Å²) in [6.07, 6.45) is 3.55. The van der Waals surface area contributed by atoms with Gasteiger partial charge < -0.3 is 5.32 Å². The molecule has 0 saturated heterocycles. The van der Waals surface area contributed by atoms with Crippen LogP contribution in [0.4, 0.5) is 5.69 Å². The molecule has 0 aliphatic heterocycles. The lowest BCUT2D eigenvalue weighted by Gasteiger charge is -2.06. The van der Waals surface area contributed by atoms with Crippen molar-refractivity contribution in [3.8, 4) is 11.4 Å². The molecule has 0 aliphatic rings. The number of nitrogens with zero attached hydrogens (tertiary/aromatic N) is 2. The molecule has 0 bridgehead atoms. The van der Waals surface area contributed by atoms with Crippen LogP contribution in [0.2, 0.25) is 0 Å². The monoisotopic (exact) mass is 408 g/mol. The van der Waals surface area contributed by atoms with Crippen LogP contribution in [0.15, 0.2) is 59.8 Å². The number of H-pyrrole nitrogens is 1. The fourth-order valence-electron chi connectivity index (χ4n) is 2.75. The minimum Gasteiger partial charge on any atom is -0.326 e. The van der Waals surface area contributed by atoms with Gasteiger partial charge in [0.05, 0.1) is 5.75 Å². The summed E-state index contributed by atoms with van der Waals surface area (Å²) in [5, 5.41) is 10.5. The SMILES string of the molecule is CCCCCC(=O)Nc1ccc(C(=O)CSc2n[nH]c(-c3ccccc3)n2)cc1. The van der Waals surface area contributed by atoms with Gasteiger partial charge in [-0.05, 0) is 30.7 Å². The summed E-state index contributed by atoms with van der Waals surface area (Å²) in [6, 6.07) is 16.7. The number of ketones is 1. The number of carbonyl (C=O) groups excluding carboxylic acids is 2. The van der Waals surface area contributed by atoms with Crippen LogP contribution in [-0.2, 0) is 4.79 Å². The molecule has 3 rings (SSSR count). The molecule has 1 aromatic heterocycles. The molecular formula is C22H24N4O2S. The molecule has 2 aromatic carbocycles. The Hall–Kier alpha value is -2.93. The van der Waals surface area contributed by atoms with Crippen molar-refractivity contribution in [2.45, 2.75) is 37.8 Å². The van der Waals surface area contributed by atoms with E-state index < -0.39 is 0 Å². The van der Waals surface area contributed by atoms with Crippen LogP contribution >= 0.6 is 11.8 Å². The molecule has 6 nitrogen and oxygen atoms in total. The van der Waals surface area contributed by atoms with Gasteiger partial charge in [-0.25, -0.2) is 4.98 Å². The number of carbonyl (C=O) groups is 2. The Morgan fingerprint density at radius 1 is 1.03 bits per heavy atom. The maximum Gasteiger partial charge on any atom is 0.224 e. The number of aromatic amines is 1. The fraction of sp³-hybridized carbons (Fsp3) is 0.273. The van der Waals surface area contributed by atoms with Crippen molar-refractivity contribution in [2.24, 2.45) is 0 Å². The Morgan fingerprint density at radius 2 is 1.79 bits per heavy atom. The quantitative estimate of drug-likeness (QED) is 0.281. The summed E-state index contributed by atoms with van der Waals surface area (Å²) in [4.78, 5) is 28.7. The summed E-state index contributed by atoms with van der Waals surface area (Å²) in [6.45, 7) is 2.11. The summed E-state index contributed by atoms with van der Waals surface area (Å²) in [7, 11) is 0. The van der Waals surface area contributed by atoms with Crippen molar-refractivity contribution in [1.29, 1.82) is 0 Å². The Bertz CT molecular complexity index is 939. The van der Waals surface area contributed by atoms with Gasteiger partial charge in [-0.1, -0.05) is 61.9 Å². The zero-order chi connectivity index (χ0) is 20.5. The number of anilines is 1. The van der Waals surface area contributed by atoms with E-state index in [1.54, 1.807) is 24.3 Å². The lowest BCUT2D eigenvalue weighted by atomic mass is 10.1. The van der Waals surface area contributed by atoms with Gasteiger partial charge in [-0.15, -0.1) is 5.10 Å². The number of hydrogen-bond acceptors (Lipinski definition) is 5. The van der Waals surface area contributed by atoms with E-state index >= 15 is 0 Å². The van der Waals surface area contributed by atoms with Crippen LogP contribution in [0.3, 0.4) is 0 Å². The minimum absolute atomic E-state index is 0.00640. The number of unbranched alkanes of at least 4 members (excludes halogenated alkanes) is 2. The number of Topliss-reactive ketones (excluding diaryl/α,β-unsaturated/α-hetero) is 1. The van der Waals surface area contributed by atoms with Gasteiger partial charge >= 0.3 is 0 Å². The van der Waals surface area contributed by atoms with Gasteiger partial charge in [0.25, 0.3) is 0 Å². The third-order valence-electron chi connectivity index (χ3n) is 4.34. The van der Waals surface area contributed by atoms with E-state index in [1.807, 2.05) is 30.3 Å². The average Bonchev–Trinajstić information content (AvgIpc) is 3.22. The predicted octanol–water partition coefficient (Wildman–Crippen LogP) is 4.97. The van der Waals surface area contributed by atoms with Crippen LogP contribution in [0.5, 0.6) is 0 Å². The number of rotatable bonds is 10. The third kappa shape index (κ3) is 6.29. The Morgan fingerprint density at radius 3 is 2.52 bits per heavy atom. The highest BCUT2D eigenvalue weighted by atomic mass is 32.2. The van der Waals surface area contributed by atoms with Crippen molar-refractivity contribution >= 4 is 29.1 Å². The van der Waals surface area contributed by atoms with E-state index in [-0.39, 0.29) is 17.4 Å². The molecule has 0 spiro atoms. The molecule has 7 heteroatoms. The van der Waals surface area contributed by atoms with E-state index in [1.165, 1.54) is 11.8 Å². The minimum atomic E-state index is -0.0121. The lowest BCUT2D eigenvalue weighted by molar-refractivity contribution is -0.116. The van der Waals surface area contributed by atoms with Crippen molar-refractivity contribution < 1.29 is 9.59 Å². The van der Waals surface area contributed by atoms with Gasteiger partial charge in [0.1, 0.15) is 0 Å². The molecule has 1 heterocycles. The molecular weight excluding hydrogens is 384 g/mol. The first-order valence-corrected chi connectivity index (χ1v) is 10.7. The number of amides is 1. The third-order valence-corrected chi connectivity index (χ3v) is 5.19. The predicted molar refractivity (Wildman–Crippen MR) is 116 cm³/mol. The lowest BCUT2D eigenvalue weighted by Crippen LogP contribution is -2.11. The van der Waals surface area contributed by atoms with E-state index in [9.17, 15) is 9.59 Å². The van der Waals surface area contributed by atoms with Gasteiger partial charge in [0, 0.05) is 23.2 Å². The van der Waals surface area contributed by atoms with Crippen molar-refractivity contribution in [3.05, 3.63) is 60.2 Å². The first-order valence-electron chi connectivity index (χ1n) is 9.69. The summed E-state index contributed by atoms with van der Waals surface area (Å²) < 4.78 is 0. The first-order chi connectivity index (χ1) is 14.2. The highest BCUT2D eigenvalue weighted by Gasteiger charge is 2.11. The van der Waals surface area contributed by atoms with Crippen LogP contribution in [-0.4, -0.2) is 32.6 Å². The number of thioether (sulfide) groups is 1. The number of hydrogen-bond donors (Lipinski definition) is 2. The molecule has 1 amide bonds. The smallest absolute Gasteiger partial charge is 0.224 e. The number of nitrogens with one attached hydrogen (secondary N) is 2. The standard InChI is InChI=1S/C22H24N4O2S/c1-2-3-5-10-20(28)23-18-13-11-16(12-14-18)19(27)15-29-22-24-21(25-26-22)17-8-6-4-7-9-17/h4,6-9,11-14H,2-3,5,10,15H2,1H3,(H,23,28)(H,24,25,26). The molecule has 0 atom stereocenters. The van der Waals surface area contributed by atoms with E-state index in [0.29, 0.717) is 28.7 Å². The zero-order valence-electron chi connectivity index (χ0n) is 16.4. The maximum atomic E-state index is 12.4. The largest absolute Gasteiger partial charge is 0.326 e. The molecule has 3 aromatic rings. The molecule has 0 fully saturated rings. The highest BCUT2D eigenvalue weighted by Crippen LogP contribution is 2.20. The van der Waals surface area contributed by atoms with Gasteiger partial charge in [-0.3, -0.25) is 14.7 Å². The van der Waals surface area contributed by atoms with E-state index in [0.717, 1.165) is 24.8 Å². The Kier molecular flexibility index (Phi) is 7.58. The molecule has 0 aliphatic carbocycles. The molecule has 29 heavy (non-hydrogen) atoms. The van der Waals surface area contributed by atoms with Crippen LogP contribution in [0, 0.1) is 0 Å². The first kappa shape index (κ1) is 20.8. The van der Waals surface area contributed by atoms with Gasteiger partial charge in [0.2, 0.25) is 11.1 Å². The Balaban J connectivity index is 1.50.